The summed E-state index contributed by atoms with van der Waals surface area (Å²) in [7, 11) is 0. The van der Waals surface area contributed by atoms with E-state index in [1.54, 1.807) is 17.8 Å². The molecule has 8 nitrogen and oxygen atoms in total. The standard InChI is InChI=1S/C22H20N6O2S2/c1-12(20(30)27-22-17(18(23)29)14-8-5-9-16(14)32-22)31-21-15-10-26-28(19(15)24-11-25-21)13-6-3-2-4-7-13/h2-4,6-7,10-12H,5,8-9H2,1H3,(H2,23,29)(H,27,30)/t12-/m1/s1. The van der Waals surface area contributed by atoms with Gasteiger partial charge in [-0.15, -0.1) is 11.3 Å². The Morgan fingerprint density at radius 2 is 2.03 bits per heavy atom. The fourth-order valence-electron chi connectivity index (χ4n) is 3.86. The summed E-state index contributed by atoms with van der Waals surface area (Å²) in [6, 6.07) is 9.72. The number of hydrogen-bond donors (Lipinski definition) is 2. The summed E-state index contributed by atoms with van der Waals surface area (Å²) in [5, 5.41) is 8.91. The average Bonchev–Trinajstić information content (AvgIpc) is 3.48. The van der Waals surface area contributed by atoms with Crippen LogP contribution in [0, 0.1) is 0 Å². The van der Waals surface area contributed by atoms with Crippen LogP contribution in [-0.4, -0.2) is 36.8 Å². The van der Waals surface area contributed by atoms with Gasteiger partial charge in [-0.05, 0) is 43.9 Å². The predicted molar refractivity (Wildman–Crippen MR) is 125 cm³/mol. The number of benzene rings is 1. The highest BCUT2D eigenvalue weighted by Crippen LogP contribution is 2.39. The molecule has 0 fully saturated rings. The number of thiophene rings is 1. The van der Waals surface area contributed by atoms with Crippen LogP contribution >= 0.6 is 23.1 Å². The lowest BCUT2D eigenvalue weighted by atomic mass is 10.1. The molecular weight excluding hydrogens is 444 g/mol. The summed E-state index contributed by atoms with van der Waals surface area (Å²) < 4.78 is 1.75. The van der Waals surface area contributed by atoms with Crippen LogP contribution in [0.5, 0.6) is 0 Å². The minimum Gasteiger partial charge on any atom is -0.365 e. The number of primary amides is 1. The SMILES string of the molecule is C[C@@H](Sc1ncnc2c1cnn2-c1ccccc1)C(=O)Nc1sc2c(c1C(N)=O)CCC2. The van der Waals surface area contributed by atoms with Gasteiger partial charge >= 0.3 is 0 Å². The molecule has 0 spiro atoms. The quantitative estimate of drug-likeness (QED) is 0.333. The first-order valence-corrected chi connectivity index (χ1v) is 11.9. The van der Waals surface area contributed by atoms with Crippen LogP contribution in [-0.2, 0) is 17.6 Å². The van der Waals surface area contributed by atoms with Gasteiger partial charge in [-0.1, -0.05) is 30.0 Å². The number of aromatic nitrogens is 4. The Bertz CT molecular complexity index is 1330. The Hall–Kier alpha value is -3.24. The van der Waals surface area contributed by atoms with Gasteiger partial charge in [0.05, 0.1) is 28.1 Å². The largest absolute Gasteiger partial charge is 0.365 e. The van der Waals surface area contributed by atoms with E-state index in [4.69, 9.17) is 5.73 Å². The number of para-hydroxylation sites is 1. The van der Waals surface area contributed by atoms with Crippen LogP contribution in [0.25, 0.3) is 16.7 Å². The maximum absolute atomic E-state index is 12.9. The molecule has 0 radical (unpaired) electrons. The molecule has 32 heavy (non-hydrogen) atoms. The average molecular weight is 465 g/mol. The molecule has 0 saturated carbocycles. The Balaban J connectivity index is 1.38. The Kier molecular flexibility index (Phi) is 5.40. The number of nitrogens with two attached hydrogens (primary N) is 1. The number of rotatable bonds is 6. The zero-order chi connectivity index (χ0) is 22.2. The summed E-state index contributed by atoms with van der Waals surface area (Å²) in [6.45, 7) is 1.81. The molecule has 162 valence electrons. The second-order valence-corrected chi connectivity index (χ2v) is 9.92. The first-order valence-electron chi connectivity index (χ1n) is 10.2. The van der Waals surface area contributed by atoms with E-state index in [1.807, 2.05) is 30.3 Å². The van der Waals surface area contributed by atoms with E-state index in [1.165, 1.54) is 29.4 Å². The molecule has 4 aromatic rings. The van der Waals surface area contributed by atoms with Crippen molar-refractivity contribution in [3.63, 3.8) is 0 Å². The highest BCUT2D eigenvalue weighted by molar-refractivity contribution is 8.00. The monoisotopic (exact) mass is 464 g/mol. The van der Waals surface area contributed by atoms with Crippen LogP contribution in [0.4, 0.5) is 5.00 Å². The van der Waals surface area contributed by atoms with Crippen molar-refractivity contribution in [3.8, 4) is 5.69 Å². The summed E-state index contributed by atoms with van der Waals surface area (Å²) in [6.07, 6.45) is 5.96. The number of amides is 2. The third-order valence-electron chi connectivity index (χ3n) is 5.39. The fraction of sp³-hybridized carbons (Fsp3) is 0.227. The highest BCUT2D eigenvalue weighted by Gasteiger charge is 2.27. The molecule has 10 heteroatoms. The second-order valence-electron chi connectivity index (χ2n) is 7.48. The third-order valence-corrected chi connectivity index (χ3v) is 7.72. The summed E-state index contributed by atoms with van der Waals surface area (Å²) >= 11 is 2.78. The topological polar surface area (TPSA) is 116 Å². The van der Waals surface area contributed by atoms with Crippen LogP contribution in [0.2, 0.25) is 0 Å². The van der Waals surface area contributed by atoms with Gasteiger partial charge in [0.1, 0.15) is 16.4 Å². The molecule has 0 saturated heterocycles. The molecule has 3 aromatic heterocycles. The molecule has 1 atom stereocenters. The zero-order valence-electron chi connectivity index (χ0n) is 17.2. The fourth-order valence-corrected chi connectivity index (χ4v) is 6.04. The molecule has 2 amide bonds. The maximum atomic E-state index is 12.9. The minimum atomic E-state index is -0.495. The molecule has 1 aromatic carbocycles. The van der Waals surface area contributed by atoms with Gasteiger partial charge in [-0.25, -0.2) is 14.6 Å². The number of carbonyl (C=O) groups is 2. The van der Waals surface area contributed by atoms with Crippen molar-refractivity contribution < 1.29 is 9.59 Å². The third kappa shape index (κ3) is 3.65. The van der Waals surface area contributed by atoms with Gasteiger partial charge < -0.3 is 11.1 Å². The number of aryl methyl sites for hydroxylation is 1. The first kappa shape index (κ1) is 20.7. The number of hydrogen-bond acceptors (Lipinski definition) is 7. The molecule has 0 aliphatic heterocycles. The Morgan fingerprint density at radius 1 is 1.22 bits per heavy atom. The second kappa shape index (κ2) is 8.36. The van der Waals surface area contributed by atoms with Crippen molar-refractivity contribution in [2.75, 3.05) is 5.32 Å². The van der Waals surface area contributed by atoms with Crippen molar-refractivity contribution in [3.05, 3.63) is 58.9 Å². The molecule has 1 aliphatic rings. The van der Waals surface area contributed by atoms with Crippen LogP contribution < -0.4 is 11.1 Å². The molecule has 5 rings (SSSR count). The minimum absolute atomic E-state index is 0.209. The zero-order valence-corrected chi connectivity index (χ0v) is 18.9. The molecule has 1 aliphatic carbocycles. The number of nitrogens with one attached hydrogen (secondary N) is 1. The molecule has 0 bridgehead atoms. The number of nitrogens with zero attached hydrogens (tertiary/aromatic N) is 4. The van der Waals surface area contributed by atoms with Crippen LogP contribution in [0.1, 0.15) is 34.1 Å². The van der Waals surface area contributed by atoms with Crippen molar-refractivity contribution in [1.82, 2.24) is 19.7 Å². The van der Waals surface area contributed by atoms with Crippen molar-refractivity contribution >= 4 is 50.9 Å². The van der Waals surface area contributed by atoms with E-state index in [0.29, 0.717) is 21.2 Å². The molecular formula is C22H20N6O2S2. The highest BCUT2D eigenvalue weighted by atomic mass is 32.2. The Morgan fingerprint density at radius 3 is 2.81 bits per heavy atom. The smallest absolute Gasteiger partial charge is 0.251 e. The van der Waals surface area contributed by atoms with Crippen molar-refractivity contribution in [2.45, 2.75) is 36.5 Å². The lowest BCUT2D eigenvalue weighted by Crippen LogP contribution is -2.24. The molecule has 0 unspecified atom stereocenters. The first-order chi connectivity index (χ1) is 15.5. The van der Waals surface area contributed by atoms with E-state index in [0.717, 1.165) is 40.8 Å². The number of thioether (sulfide) groups is 1. The van der Waals surface area contributed by atoms with E-state index in [-0.39, 0.29) is 5.91 Å². The Labute approximate surface area is 192 Å². The molecule has 3 heterocycles. The van der Waals surface area contributed by atoms with Crippen molar-refractivity contribution in [2.24, 2.45) is 5.73 Å². The van der Waals surface area contributed by atoms with E-state index >= 15 is 0 Å². The van der Waals surface area contributed by atoms with Gasteiger partial charge in [-0.3, -0.25) is 9.59 Å². The normalized spacial score (nSPS) is 13.8. The number of carbonyl (C=O) groups excluding carboxylic acids is 2. The summed E-state index contributed by atoms with van der Waals surface area (Å²) in [5.41, 5.74) is 8.62. The van der Waals surface area contributed by atoms with Crippen LogP contribution in [0.3, 0.4) is 0 Å². The van der Waals surface area contributed by atoms with E-state index < -0.39 is 11.2 Å². The van der Waals surface area contributed by atoms with Crippen molar-refractivity contribution in [1.29, 1.82) is 0 Å². The molecule has 3 N–H and O–H groups in total. The summed E-state index contributed by atoms with van der Waals surface area (Å²) in [4.78, 5) is 34.8. The van der Waals surface area contributed by atoms with Gasteiger partial charge in [0.25, 0.3) is 5.91 Å². The van der Waals surface area contributed by atoms with Crippen LogP contribution in [0.15, 0.2) is 47.9 Å². The van der Waals surface area contributed by atoms with E-state index in [2.05, 4.69) is 20.4 Å². The van der Waals surface area contributed by atoms with Gasteiger partial charge in [-0.2, -0.15) is 5.10 Å². The summed E-state index contributed by atoms with van der Waals surface area (Å²) in [5.74, 6) is -0.703. The van der Waals surface area contributed by atoms with E-state index in [9.17, 15) is 9.59 Å². The number of anilines is 1. The lowest BCUT2D eigenvalue weighted by molar-refractivity contribution is -0.115. The number of fused-ring (bicyclic) bond motifs is 2. The predicted octanol–water partition coefficient (Wildman–Crippen LogP) is 3.58. The van der Waals surface area contributed by atoms with Gasteiger partial charge in [0.15, 0.2) is 5.65 Å². The maximum Gasteiger partial charge on any atom is 0.251 e. The lowest BCUT2D eigenvalue weighted by Gasteiger charge is -2.12. The van der Waals surface area contributed by atoms with Gasteiger partial charge in [0.2, 0.25) is 5.91 Å². The van der Waals surface area contributed by atoms with Gasteiger partial charge in [0, 0.05) is 4.88 Å².